The summed E-state index contributed by atoms with van der Waals surface area (Å²) in [6, 6.07) is 1.42. The molecule has 0 radical (unpaired) electrons. The second kappa shape index (κ2) is 6.52. The lowest BCUT2D eigenvalue weighted by atomic mass is 10.1. The molecule has 0 aliphatic carbocycles. The molecule has 1 N–H and O–H groups in total. The van der Waals surface area contributed by atoms with Crippen LogP contribution in [0.5, 0.6) is 0 Å². The highest BCUT2D eigenvalue weighted by atomic mass is 19.1. The third-order valence-electron chi connectivity index (χ3n) is 2.63. The molecule has 96 valence electrons. The van der Waals surface area contributed by atoms with Crippen LogP contribution in [0.2, 0.25) is 0 Å². The van der Waals surface area contributed by atoms with E-state index >= 15 is 0 Å². The minimum atomic E-state index is -0.895. The molecule has 1 aromatic rings. The van der Waals surface area contributed by atoms with E-state index in [2.05, 4.69) is 5.32 Å². The second-order valence-corrected chi connectivity index (χ2v) is 4.16. The molecule has 0 spiro atoms. The molecule has 1 aromatic carbocycles. The van der Waals surface area contributed by atoms with Crippen molar-refractivity contribution in [2.75, 3.05) is 5.32 Å². The van der Waals surface area contributed by atoms with E-state index in [1.165, 1.54) is 0 Å². The summed E-state index contributed by atoms with van der Waals surface area (Å²) >= 11 is 0. The van der Waals surface area contributed by atoms with E-state index in [4.69, 9.17) is 0 Å². The molecule has 0 bridgehead atoms. The first-order valence-electron chi connectivity index (χ1n) is 5.99. The Morgan fingerprint density at radius 1 is 1.00 bits per heavy atom. The van der Waals surface area contributed by atoms with Gasteiger partial charge in [0.05, 0.1) is 0 Å². The van der Waals surface area contributed by atoms with Gasteiger partial charge in [0.25, 0.3) is 0 Å². The van der Waals surface area contributed by atoms with Crippen LogP contribution >= 0.6 is 0 Å². The fourth-order valence-electron chi connectivity index (χ4n) is 1.87. The average Bonchev–Trinajstić information content (AvgIpc) is 2.23. The standard InChI is InChI=1S/C13H18F3N/c1-3-5-10(6-4-2)17-13-11(15)7-9(14)8-12(13)16/h7-8,10,17H,3-6H2,1-2H3. The van der Waals surface area contributed by atoms with Gasteiger partial charge in [-0.3, -0.25) is 0 Å². The molecule has 0 atom stereocenters. The van der Waals surface area contributed by atoms with Gasteiger partial charge in [0, 0.05) is 18.2 Å². The Morgan fingerprint density at radius 3 is 1.88 bits per heavy atom. The van der Waals surface area contributed by atoms with Gasteiger partial charge in [-0.2, -0.15) is 0 Å². The van der Waals surface area contributed by atoms with Crippen molar-refractivity contribution in [2.24, 2.45) is 0 Å². The first-order chi connectivity index (χ1) is 8.08. The summed E-state index contributed by atoms with van der Waals surface area (Å²) in [6.45, 7) is 4.03. The maximum atomic E-state index is 13.4. The highest BCUT2D eigenvalue weighted by molar-refractivity contribution is 5.47. The number of benzene rings is 1. The van der Waals surface area contributed by atoms with Crippen LogP contribution in [0.4, 0.5) is 18.9 Å². The van der Waals surface area contributed by atoms with Gasteiger partial charge in [-0.15, -0.1) is 0 Å². The largest absolute Gasteiger partial charge is 0.378 e. The van der Waals surface area contributed by atoms with E-state index in [0.29, 0.717) is 12.1 Å². The van der Waals surface area contributed by atoms with Crippen LogP contribution in [0.25, 0.3) is 0 Å². The summed E-state index contributed by atoms with van der Waals surface area (Å²) in [5, 5.41) is 2.83. The summed E-state index contributed by atoms with van der Waals surface area (Å²) in [5.41, 5.74) is -0.224. The maximum absolute atomic E-state index is 13.4. The predicted molar refractivity (Wildman–Crippen MR) is 63.5 cm³/mol. The molecule has 1 nitrogen and oxygen atoms in total. The van der Waals surface area contributed by atoms with Crippen LogP contribution in [0.1, 0.15) is 39.5 Å². The molecule has 1 rings (SSSR count). The number of nitrogens with one attached hydrogen (secondary N) is 1. The summed E-state index contributed by atoms with van der Waals surface area (Å²) in [4.78, 5) is 0. The molecule has 0 heterocycles. The lowest BCUT2D eigenvalue weighted by Crippen LogP contribution is -2.20. The van der Waals surface area contributed by atoms with Crippen LogP contribution in [0, 0.1) is 17.5 Å². The summed E-state index contributed by atoms with van der Waals surface area (Å²) < 4.78 is 39.6. The molecule has 0 fully saturated rings. The Labute approximate surface area is 100 Å². The fourth-order valence-corrected chi connectivity index (χ4v) is 1.87. The molecule has 17 heavy (non-hydrogen) atoms. The van der Waals surface area contributed by atoms with Crippen molar-refractivity contribution in [1.29, 1.82) is 0 Å². The van der Waals surface area contributed by atoms with E-state index in [1.807, 2.05) is 13.8 Å². The van der Waals surface area contributed by atoms with E-state index in [9.17, 15) is 13.2 Å². The number of halogens is 3. The normalized spacial score (nSPS) is 10.9. The van der Waals surface area contributed by atoms with Crippen molar-refractivity contribution in [1.82, 2.24) is 0 Å². The van der Waals surface area contributed by atoms with Gasteiger partial charge in [-0.05, 0) is 12.8 Å². The SMILES string of the molecule is CCCC(CCC)Nc1c(F)cc(F)cc1F. The van der Waals surface area contributed by atoms with Crippen molar-refractivity contribution in [3.8, 4) is 0 Å². The highest BCUT2D eigenvalue weighted by Gasteiger charge is 2.15. The van der Waals surface area contributed by atoms with Crippen LogP contribution < -0.4 is 5.32 Å². The van der Waals surface area contributed by atoms with Crippen LogP contribution in [-0.2, 0) is 0 Å². The van der Waals surface area contributed by atoms with Gasteiger partial charge < -0.3 is 5.32 Å². The van der Waals surface area contributed by atoms with Gasteiger partial charge in [0.1, 0.15) is 11.5 Å². The first kappa shape index (κ1) is 13.9. The van der Waals surface area contributed by atoms with Gasteiger partial charge in [-0.1, -0.05) is 26.7 Å². The topological polar surface area (TPSA) is 12.0 Å². The maximum Gasteiger partial charge on any atom is 0.152 e. The van der Waals surface area contributed by atoms with Crippen molar-refractivity contribution in [3.63, 3.8) is 0 Å². The minimum absolute atomic E-state index is 0.0273. The number of hydrogen-bond donors (Lipinski definition) is 1. The summed E-state index contributed by atoms with van der Waals surface area (Å²) in [6.07, 6.45) is 3.54. The van der Waals surface area contributed by atoms with Crippen molar-refractivity contribution >= 4 is 5.69 Å². The minimum Gasteiger partial charge on any atom is -0.378 e. The van der Waals surface area contributed by atoms with Gasteiger partial charge in [-0.25, -0.2) is 13.2 Å². The summed E-state index contributed by atoms with van der Waals surface area (Å²) in [5.74, 6) is -2.65. The van der Waals surface area contributed by atoms with Gasteiger partial charge >= 0.3 is 0 Å². The van der Waals surface area contributed by atoms with E-state index in [0.717, 1.165) is 25.7 Å². The molecular formula is C13H18F3N. The summed E-state index contributed by atoms with van der Waals surface area (Å²) in [7, 11) is 0. The molecule has 0 saturated carbocycles. The quantitative estimate of drug-likeness (QED) is 0.778. The van der Waals surface area contributed by atoms with Gasteiger partial charge in [0.15, 0.2) is 11.6 Å². The Kier molecular flexibility index (Phi) is 5.32. The Morgan fingerprint density at radius 2 is 1.47 bits per heavy atom. The Hall–Kier alpha value is -1.19. The zero-order valence-corrected chi connectivity index (χ0v) is 10.2. The molecule has 0 aliphatic heterocycles. The third kappa shape index (κ3) is 3.95. The second-order valence-electron chi connectivity index (χ2n) is 4.16. The molecule has 0 aromatic heterocycles. The van der Waals surface area contributed by atoms with Crippen LogP contribution in [-0.4, -0.2) is 6.04 Å². The Bertz CT molecular complexity index is 337. The molecule has 0 unspecified atom stereocenters. The number of hydrogen-bond acceptors (Lipinski definition) is 1. The number of anilines is 1. The fraction of sp³-hybridized carbons (Fsp3) is 0.538. The molecule has 0 amide bonds. The van der Waals surface area contributed by atoms with E-state index in [1.54, 1.807) is 0 Å². The smallest absolute Gasteiger partial charge is 0.152 e. The monoisotopic (exact) mass is 245 g/mol. The molecule has 4 heteroatoms. The van der Waals surface area contributed by atoms with Crippen molar-refractivity contribution in [2.45, 2.75) is 45.6 Å². The molecular weight excluding hydrogens is 227 g/mol. The zero-order chi connectivity index (χ0) is 12.8. The average molecular weight is 245 g/mol. The highest BCUT2D eigenvalue weighted by Crippen LogP contribution is 2.22. The third-order valence-corrected chi connectivity index (χ3v) is 2.63. The lowest BCUT2D eigenvalue weighted by Gasteiger charge is -2.19. The van der Waals surface area contributed by atoms with Crippen molar-refractivity contribution in [3.05, 3.63) is 29.6 Å². The molecule has 0 aliphatic rings. The van der Waals surface area contributed by atoms with Crippen LogP contribution in [0.15, 0.2) is 12.1 Å². The van der Waals surface area contributed by atoms with Gasteiger partial charge in [0.2, 0.25) is 0 Å². The lowest BCUT2D eigenvalue weighted by molar-refractivity contribution is 0.532. The van der Waals surface area contributed by atoms with E-state index < -0.39 is 17.5 Å². The first-order valence-corrected chi connectivity index (χ1v) is 5.99. The van der Waals surface area contributed by atoms with Crippen LogP contribution in [0.3, 0.4) is 0 Å². The predicted octanol–water partition coefficient (Wildman–Crippen LogP) is 4.48. The van der Waals surface area contributed by atoms with Crippen molar-refractivity contribution < 1.29 is 13.2 Å². The number of rotatable bonds is 6. The molecule has 0 saturated heterocycles. The zero-order valence-electron chi connectivity index (χ0n) is 10.2. The van der Waals surface area contributed by atoms with E-state index in [-0.39, 0.29) is 11.7 Å². The Balaban J connectivity index is 2.84.